The molecule has 2 heterocycles. The van der Waals surface area contributed by atoms with Crippen molar-refractivity contribution in [1.82, 2.24) is 10.2 Å². The third-order valence-electron chi connectivity index (χ3n) is 3.67. The van der Waals surface area contributed by atoms with Crippen LogP contribution in [0.4, 0.5) is 0 Å². The SMILES string of the molecule is CC(C)(C)C(=O)C1C2NC2CN1C(C)(C)C. The third-order valence-corrected chi connectivity index (χ3v) is 3.67. The number of piperazine rings is 1. The van der Waals surface area contributed by atoms with Crippen LogP contribution < -0.4 is 5.32 Å². The highest BCUT2D eigenvalue weighted by molar-refractivity contribution is 5.90. The summed E-state index contributed by atoms with van der Waals surface area (Å²) in [5, 5.41) is 3.41. The number of hydrogen-bond donors (Lipinski definition) is 1. The Hall–Kier alpha value is -0.410. The zero-order valence-corrected chi connectivity index (χ0v) is 11.3. The lowest BCUT2D eigenvalue weighted by molar-refractivity contribution is -0.133. The van der Waals surface area contributed by atoms with Gasteiger partial charge in [0.25, 0.3) is 0 Å². The van der Waals surface area contributed by atoms with E-state index >= 15 is 0 Å². The van der Waals surface area contributed by atoms with E-state index in [1.807, 2.05) is 20.8 Å². The molecule has 3 nitrogen and oxygen atoms in total. The fraction of sp³-hybridized carbons (Fsp3) is 0.923. The molecule has 2 aliphatic rings. The van der Waals surface area contributed by atoms with Crippen molar-refractivity contribution in [3.63, 3.8) is 0 Å². The average molecular weight is 224 g/mol. The molecule has 92 valence electrons. The van der Waals surface area contributed by atoms with Crippen LogP contribution in [0.5, 0.6) is 0 Å². The van der Waals surface area contributed by atoms with Gasteiger partial charge in [0.1, 0.15) is 0 Å². The topological polar surface area (TPSA) is 42.3 Å². The highest BCUT2D eigenvalue weighted by atomic mass is 16.1. The second-order valence-electron chi connectivity index (χ2n) is 7.18. The molecule has 2 rings (SSSR count). The number of carbonyl (C=O) groups is 1. The van der Waals surface area contributed by atoms with Crippen LogP contribution in [0.1, 0.15) is 41.5 Å². The highest BCUT2D eigenvalue weighted by Gasteiger charge is 2.58. The molecule has 0 saturated carbocycles. The highest BCUT2D eigenvalue weighted by Crippen LogP contribution is 2.37. The fourth-order valence-electron chi connectivity index (χ4n) is 2.63. The van der Waals surface area contributed by atoms with Gasteiger partial charge in [0.05, 0.1) is 6.04 Å². The van der Waals surface area contributed by atoms with Crippen LogP contribution in [0.2, 0.25) is 0 Å². The van der Waals surface area contributed by atoms with Crippen molar-refractivity contribution in [3.05, 3.63) is 0 Å². The maximum absolute atomic E-state index is 12.5. The number of nitrogens with one attached hydrogen (secondary N) is 1. The Morgan fingerprint density at radius 2 is 1.75 bits per heavy atom. The van der Waals surface area contributed by atoms with E-state index in [9.17, 15) is 4.79 Å². The van der Waals surface area contributed by atoms with Gasteiger partial charge in [0.2, 0.25) is 0 Å². The summed E-state index contributed by atoms with van der Waals surface area (Å²) in [4.78, 5) is 14.8. The molecule has 0 aromatic carbocycles. The van der Waals surface area contributed by atoms with Gasteiger partial charge < -0.3 is 5.32 Å². The smallest absolute Gasteiger partial charge is 0.156 e. The minimum absolute atomic E-state index is 0.0741. The number of fused-ring (bicyclic) bond motifs is 1. The lowest BCUT2D eigenvalue weighted by atomic mass is 9.84. The van der Waals surface area contributed by atoms with Gasteiger partial charge in [-0.05, 0) is 20.8 Å². The fourth-order valence-corrected chi connectivity index (χ4v) is 2.63. The molecule has 2 aliphatic heterocycles. The minimum atomic E-state index is -0.243. The Bertz CT molecular complexity index is 311. The molecular weight excluding hydrogens is 200 g/mol. The molecule has 1 N–H and O–H groups in total. The van der Waals surface area contributed by atoms with E-state index in [-0.39, 0.29) is 17.0 Å². The summed E-state index contributed by atoms with van der Waals surface area (Å²) in [6, 6.07) is 1.03. The number of ketones is 1. The van der Waals surface area contributed by atoms with Crippen molar-refractivity contribution in [2.45, 2.75) is 65.2 Å². The monoisotopic (exact) mass is 224 g/mol. The van der Waals surface area contributed by atoms with E-state index < -0.39 is 0 Å². The first-order chi connectivity index (χ1) is 7.12. The Kier molecular flexibility index (Phi) is 2.48. The summed E-state index contributed by atoms with van der Waals surface area (Å²) in [6.45, 7) is 13.7. The first-order valence-corrected chi connectivity index (χ1v) is 6.19. The summed E-state index contributed by atoms with van der Waals surface area (Å²) in [6.07, 6.45) is 0. The number of likely N-dealkylation sites (tertiary alicyclic amines) is 1. The van der Waals surface area contributed by atoms with E-state index in [4.69, 9.17) is 0 Å². The predicted molar refractivity (Wildman–Crippen MR) is 65.4 cm³/mol. The van der Waals surface area contributed by atoms with E-state index in [0.29, 0.717) is 17.9 Å². The lowest BCUT2D eigenvalue weighted by Crippen LogP contribution is -2.54. The second kappa shape index (κ2) is 3.30. The minimum Gasteiger partial charge on any atom is -0.305 e. The summed E-state index contributed by atoms with van der Waals surface area (Å²) in [5.74, 6) is 0.375. The molecular formula is C13H24N2O. The van der Waals surface area contributed by atoms with Gasteiger partial charge >= 0.3 is 0 Å². The lowest BCUT2D eigenvalue weighted by Gasteiger charge is -2.40. The van der Waals surface area contributed by atoms with E-state index in [1.54, 1.807) is 0 Å². The second-order valence-corrected chi connectivity index (χ2v) is 7.18. The Labute approximate surface area is 98.6 Å². The van der Waals surface area contributed by atoms with Gasteiger partial charge in [-0.25, -0.2) is 0 Å². The maximum Gasteiger partial charge on any atom is 0.156 e. The molecule has 0 aliphatic carbocycles. The van der Waals surface area contributed by atoms with Crippen molar-refractivity contribution in [2.75, 3.05) is 6.54 Å². The Morgan fingerprint density at radius 1 is 1.19 bits per heavy atom. The molecule has 0 aromatic rings. The van der Waals surface area contributed by atoms with Crippen molar-refractivity contribution < 1.29 is 4.79 Å². The van der Waals surface area contributed by atoms with Crippen molar-refractivity contribution in [3.8, 4) is 0 Å². The third kappa shape index (κ3) is 1.91. The summed E-state index contributed by atoms with van der Waals surface area (Å²) >= 11 is 0. The van der Waals surface area contributed by atoms with Gasteiger partial charge in [-0.2, -0.15) is 0 Å². The van der Waals surface area contributed by atoms with Crippen LogP contribution in [-0.2, 0) is 4.79 Å². The molecule has 0 aromatic heterocycles. The van der Waals surface area contributed by atoms with Gasteiger partial charge in [-0.1, -0.05) is 20.8 Å². The zero-order valence-electron chi connectivity index (χ0n) is 11.3. The molecule has 2 fully saturated rings. The van der Waals surface area contributed by atoms with Crippen molar-refractivity contribution in [2.24, 2.45) is 5.41 Å². The molecule has 16 heavy (non-hydrogen) atoms. The average Bonchev–Trinajstić information content (AvgIpc) is 2.73. The van der Waals surface area contributed by atoms with Crippen LogP contribution in [0.3, 0.4) is 0 Å². The van der Waals surface area contributed by atoms with Gasteiger partial charge in [-0.15, -0.1) is 0 Å². The number of hydrogen-bond acceptors (Lipinski definition) is 3. The number of rotatable bonds is 1. The molecule has 3 heteroatoms. The molecule has 0 spiro atoms. The van der Waals surface area contributed by atoms with Gasteiger partial charge in [0.15, 0.2) is 5.78 Å². The molecule has 0 radical (unpaired) electrons. The van der Waals surface area contributed by atoms with Crippen LogP contribution >= 0.6 is 0 Å². The first kappa shape index (κ1) is 12.1. The zero-order chi connectivity index (χ0) is 12.3. The van der Waals surface area contributed by atoms with Crippen molar-refractivity contribution >= 4 is 5.78 Å². The molecule has 0 amide bonds. The van der Waals surface area contributed by atoms with Gasteiger partial charge in [0, 0.05) is 29.6 Å². The quantitative estimate of drug-likeness (QED) is 0.685. The number of Topliss-reactive ketones (excluding diaryl/α,β-unsaturated/α-hetero) is 1. The maximum atomic E-state index is 12.5. The van der Waals surface area contributed by atoms with Crippen LogP contribution in [0.15, 0.2) is 0 Å². The number of carbonyl (C=O) groups excluding carboxylic acids is 1. The number of nitrogens with zero attached hydrogens (tertiary/aromatic N) is 1. The molecule has 3 atom stereocenters. The Morgan fingerprint density at radius 3 is 2.19 bits per heavy atom. The summed E-state index contributed by atoms with van der Waals surface area (Å²) in [5.41, 5.74) is -0.159. The van der Waals surface area contributed by atoms with Crippen LogP contribution in [0.25, 0.3) is 0 Å². The summed E-state index contributed by atoms with van der Waals surface area (Å²) in [7, 11) is 0. The van der Waals surface area contributed by atoms with Gasteiger partial charge in [-0.3, -0.25) is 9.69 Å². The largest absolute Gasteiger partial charge is 0.305 e. The van der Waals surface area contributed by atoms with E-state index in [2.05, 4.69) is 31.0 Å². The molecule has 0 bridgehead atoms. The molecule has 2 saturated heterocycles. The predicted octanol–water partition coefficient (Wildman–Crippen LogP) is 1.42. The van der Waals surface area contributed by atoms with E-state index in [0.717, 1.165) is 6.54 Å². The van der Waals surface area contributed by atoms with E-state index in [1.165, 1.54) is 0 Å². The van der Waals surface area contributed by atoms with Crippen LogP contribution in [0, 0.1) is 5.41 Å². The first-order valence-electron chi connectivity index (χ1n) is 6.19. The standard InChI is InChI=1S/C13H24N2O/c1-12(2,3)11(16)10-9-8(14-9)7-15(10)13(4,5)6/h8-10,14H,7H2,1-6H3. The summed E-state index contributed by atoms with van der Waals surface area (Å²) < 4.78 is 0. The Balaban J connectivity index is 2.21. The molecule has 3 unspecified atom stereocenters. The van der Waals surface area contributed by atoms with Crippen molar-refractivity contribution in [1.29, 1.82) is 0 Å². The van der Waals surface area contributed by atoms with Crippen LogP contribution in [-0.4, -0.2) is 40.9 Å². The normalized spacial score (nSPS) is 35.0.